The molecule has 2 aromatic rings. The van der Waals surface area contributed by atoms with Crippen molar-refractivity contribution in [2.75, 3.05) is 11.9 Å². The average molecular weight is 302 g/mol. The Bertz CT molecular complexity index is 720. The highest BCUT2D eigenvalue weighted by molar-refractivity contribution is 5.96. The molecule has 1 aliphatic rings. The van der Waals surface area contributed by atoms with E-state index in [4.69, 9.17) is 9.52 Å². The lowest BCUT2D eigenvalue weighted by Gasteiger charge is -2.05. The first-order valence-electron chi connectivity index (χ1n) is 7.44. The van der Waals surface area contributed by atoms with E-state index in [2.05, 4.69) is 5.32 Å². The van der Waals surface area contributed by atoms with Crippen LogP contribution in [0.5, 0.6) is 0 Å². The molecule has 1 aliphatic carbocycles. The summed E-state index contributed by atoms with van der Waals surface area (Å²) < 4.78 is 5.91. The maximum atomic E-state index is 11.7. The molecule has 0 fully saturated rings. The molecule has 0 saturated carbocycles. The summed E-state index contributed by atoms with van der Waals surface area (Å²) in [5, 5.41) is 14.3. The van der Waals surface area contributed by atoms with Crippen molar-refractivity contribution in [2.24, 2.45) is 0 Å². The van der Waals surface area contributed by atoms with Crippen LogP contribution in [-0.2, 0) is 17.6 Å². The molecule has 3 N–H and O–H groups in total. The lowest BCUT2D eigenvalue weighted by atomic mass is 10.1. The van der Waals surface area contributed by atoms with Gasteiger partial charge in [-0.05, 0) is 37.5 Å². The zero-order valence-corrected chi connectivity index (χ0v) is 12.1. The van der Waals surface area contributed by atoms with E-state index >= 15 is 0 Å². The van der Waals surface area contributed by atoms with Crippen molar-refractivity contribution < 1.29 is 19.1 Å². The maximum Gasteiger partial charge on any atom is 0.405 e. The fourth-order valence-electron chi connectivity index (χ4n) is 2.88. The number of anilines is 1. The van der Waals surface area contributed by atoms with E-state index < -0.39 is 12.0 Å². The largest absolute Gasteiger partial charge is 0.465 e. The van der Waals surface area contributed by atoms with Crippen LogP contribution in [0.15, 0.2) is 22.6 Å². The molecular formula is C16H18N2O4. The molecular weight excluding hydrogens is 284 g/mol. The van der Waals surface area contributed by atoms with Crippen LogP contribution in [0.1, 0.15) is 30.6 Å². The Hall–Kier alpha value is -2.50. The SMILES string of the molecule is O=C(O)NCC(=O)Nc1ccc2oc3c(c2c1)CCCCC3. The Morgan fingerprint density at radius 1 is 1.18 bits per heavy atom. The quantitative estimate of drug-likeness (QED) is 0.760. The molecule has 0 spiro atoms. The average Bonchev–Trinajstić information content (AvgIpc) is 2.67. The maximum absolute atomic E-state index is 11.7. The summed E-state index contributed by atoms with van der Waals surface area (Å²) >= 11 is 0. The van der Waals surface area contributed by atoms with Gasteiger partial charge in [0.25, 0.3) is 0 Å². The molecule has 0 saturated heterocycles. The molecule has 0 radical (unpaired) electrons. The van der Waals surface area contributed by atoms with Gasteiger partial charge in [-0.1, -0.05) is 6.42 Å². The highest BCUT2D eigenvalue weighted by atomic mass is 16.4. The van der Waals surface area contributed by atoms with Crippen molar-refractivity contribution >= 4 is 28.7 Å². The van der Waals surface area contributed by atoms with E-state index in [1.54, 1.807) is 6.07 Å². The van der Waals surface area contributed by atoms with Crippen molar-refractivity contribution in [1.82, 2.24) is 5.32 Å². The summed E-state index contributed by atoms with van der Waals surface area (Å²) in [6.45, 7) is -0.267. The highest BCUT2D eigenvalue weighted by Crippen LogP contribution is 2.32. The molecule has 1 aromatic carbocycles. The van der Waals surface area contributed by atoms with Gasteiger partial charge in [-0.3, -0.25) is 4.79 Å². The smallest absolute Gasteiger partial charge is 0.405 e. The van der Waals surface area contributed by atoms with Crippen molar-refractivity contribution in [3.8, 4) is 0 Å². The van der Waals surface area contributed by atoms with Gasteiger partial charge in [0.05, 0.1) is 0 Å². The first kappa shape index (κ1) is 14.4. The van der Waals surface area contributed by atoms with Crippen LogP contribution < -0.4 is 10.6 Å². The fraction of sp³-hybridized carbons (Fsp3) is 0.375. The van der Waals surface area contributed by atoms with E-state index in [9.17, 15) is 9.59 Å². The Morgan fingerprint density at radius 3 is 2.82 bits per heavy atom. The Kier molecular flexibility index (Phi) is 4.00. The lowest BCUT2D eigenvalue weighted by molar-refractivity contribution is -0.115. The third kappa shape index (κ3) is 3.05. The molecule has 2 amide bonds. The molecule has 3 rings (SSSR count). The van der Waals surface area contributed by atoms with Gasteiger partial charge in [0.1, 0.15) is 17.9 Å². The number of aryl methyl sites for hydroxylation is 2. The van der Waals surface area contributed by atoms with Crippen molar-refractivity contribution in [3.63, 3.8) is 0 Å². The first-order valence-corrected chi connectivity index (χ1v) is 7.44. The predicted molar refractivity (Wildman–Crippen MR) is 82.1 cm³/mol. The minimum atomic E-state index is -1.22. The van der Waals surface area contributed by atoms with Gasteiger partial charge in [-0.2, -0.15) is 0 Å². The Balaban J connectivity index is 1.81. The monoisotopic (exact) mass is 302 g/mol. The van der Waals surface area contributed by atoms with Crippen molar-refractivity contribution in [3.05, 3.63) is 29.5 Å². The molecule has 6 nitrogen and oxygen atoms in total. The summed E-state index contributed by atoms with van der Waals surface area (Å²) in [6.07, 6.45) is 4.26. The molecule has 1 heterocycles. The molecule has 0 unspecified atom stereocenters. The van der Waals surface area contributed by atoms with E-state index in [1.165, 1.54) is 12.0 Å². The fourth-order valence-corrected chi connectivity index (χ4v) is 2.88. The standard InChI is InChI=1S/C16H18N2O4/c19-15(9-17-16(20)21)18-10-6-7-14-12(8-10)11-4-2-1-3-5-13(11)22-14/h6-8,17H,1-5,9H2,(H,18,19)(H,20,21). The number of carbonyl (C=O) groups excluding carboxylic acids is 1. The zero-order valence-electron chi connectivity index (χ0n) is 12.1. The number of amides is 2. The third-order valence-corrected chi connectivity index (χ3v) is 3.89. The molecule has 0 atom stereocenters. The number of hydrogen-bond donors (Lipinski definition) is 3. The van der Waals surface area contributed by atoms with Gasteiger partial charge in [0, 0.05) is 23.1 Å². The summed E-state index contributed by atoms with van der Waals surface area (Å²) in [4.78, 5) is 22.1. The number of carbonyl (C=O) groups is 2. The summed E-state index contributed by atoms with van der Waals surface area (Å²) in [6, 6.07) is 5.52. The number of furan rings is 1. The van der Waals surface area contributed by atoms with Gasteiger partial charge in [-0.25, -0.2) is 4.79 Å². The van der Waals surface area contributed by atoms with Gasteiger partial charge < -0.3 is 20.2 Å². The highest BCUT2D eigenvalue weighted by Gasteiger charge is 2.17. The first-order chi connectivity index (χ1) is 10.6. The Labute approximate surface area is 127 Å². The minimum Gasteiger partial charge on any atom is -0.465 e. The molecule has 1 aromatic heterocycles. The van der Waals surface area contributed by atoms with Gasteiger partial charge in [-0.15, -0.1) is 0 Å². The second-order valence-electron chi connectivity index (χ2n) is 5.48. The van der Waals surface area contributed by atoms with Crippen LogP contribution in [0.4, 0.5) is 10.5 Å². The number of fused-ring (bicyclic) bond motifs is 3. The minimum absolute atomic E-state index is 0.267. The van der Waals surface area contributed by atoms with Gasteiger partial charge in [0.15, 0.2) is 0 Å². The normalized spacial score (nSPS) is 14.2. The molecule has 0 aliphatic heterocycles. The topological polar surface area (TPSA) is 91.6 Å². The van der Waals surface area contributed by atoms with Crippen LogP contribution in [0, 0.1) is 0 Å². The molecule has 0 bridgehead atoms. The molecule has 22 heavy (non-hydrogen) atoms. The van der Waals surface area contributed by atoms with Crippen molar-refractivity contribution in [2.45, 2.75) is 32.1 Å². The van der Waals surface area contributed by atoms with Crippen LogP contribution >= 0.6 is 0 Å². The van der Waals surface area contributed by atoms with Crippen LogP contribution in [-0.4, -0.2) is 23.7 Å². The molecule has 6 heteroatoms. The summed E-state index contributed by atoms with van der Waals surface area (Å²) in [5.74, 6) is 0.667. The van der Waals surface area contributed by atoms with Crippen LogP contribution in [0.3, 0.4) is 0 Å². The third-order valence-electron chi connectivity index (χ3n) is 3.89. The number of hydrogen-bond acceptors (Lipinski definition) is 3. The zero-order chi connectivity index (χ0) is 15.5. The van der Waals surface area contributed by atoms with E-state index in [1.807, 2.05) is 17.4 Å². The second-order valence-corrected chi connectivity index (χ2v) is 5.48. The Morgan fingerprint density at radius 2 is 2.00 bits per heavy atom. The summed E-state index contributed by atoms with van der Waals surface area (Å²) in [5.41, 5.74) is 2.73. The van der Waals surface area contributed by atoms with Gasteiger partial charge in [0.2, 0.25) is 5.91 Å². The van der Waals surface area contributed by atoms with Crippen LogP contribution in [0.2, 0.25) is 0 Å². The van der Waals surface area contributed by atoms with E-state index in [-0.39, 0.29) is 6.54 Å². The lowest BCUT2D eigenvalue weighted by Crippen LogP contribution is -2.31. The number of nitrogens with one attached hydrogen (secondary N) is 2. The van der Waals surface area contributed by atoms with Crippen molar-refractivity contribution in [1.29, 1.82) is 0 Å². The number of benzene rings is 1. The summed E-state index contributed by atoms with van der Waals surface area (Å²) in [7, 11) is 0. The second kappa shape index (κ2) is 6.09. The van der Waals surface area contributed by atoms with Crippen LogP contribution in [0.25, 0.3) is 11.0 Å². The van der Waals surface area contributed by atoms with E-state index in [0.717, 1.165) is 42.4 Å². The number of rotatable bonds is 3. The molecule has 116 valence electrons. The number of carboxylic acid groups (broad SMARTS) is 1. The van der Waals surface area contributed by atoms with Gasteiger partial charge >= 0.3 is 6.09 Å². The van der Waals surface area contributed by atoms with E-state index in [0.29, 0.717) is 5.69 Å². The predicted octanol–water partition coefficient (Wildman–Crippen LogP) is 2.91.